The van der Waals surface area contributed by atoms with Gasteiger partial charge >= 0.3 is 5.63 Å². The first-order valence-corrected chi connectivity index (χ1v) is 9.48. The van der Waals surface area contributed by atoms with E-state index in [0.29, 0.717) is 26.7 Å². The highest BCUT2D eigenvalue weighted by Gasteiger charge is 2.11. The molecule has 0 unspecified atom stereocenters. The first kappa shape index (κ1) is 17.4. The average molecular weight is 442 g/mol. The molecule has 2 N–H and O–H groups in total. The molecule has 0 aliphatic rings. The quantitative estimate of drug-likeness (QED) is 0.269. The third-order valence-electron chi connectivity index (χ3n) is 3.77. The van der Waals surface area contributed by atoms with Crippen molar-refractivity contribution in [2.75, 3.05) is 5.43 Å². The van der Waals surface area contributed by atoms with Crippen LogP contribution in [0.2, 0.25) is 0 Å². The minimum atomic E-state index is -0.419. The number of hydrogen-bond donors (Lipinski definition) is 2. The van der Waals surface area contributed by atoms with Crippen molar-refractivity contribution in [1.82, 2.24) is 4.98 Å². The molecule has 4 rings (SSSR count). The molecule has 0 bridgehead atoms. The number of para-hydroxylation sites is 1. The Morgan fingerprint density at radius 1 is 1.22 bits per heavy atom. The van der Waals surface area contributed by atoms with E-state index in [1.807, 2.05) is 12.1 Å². The number of hydrogen-bond acceptors (Lipinski definition) is 7. The Kier molecular flexibility index (Phi) is 4.74. The van der Waals surface area contributed by atoms with Gasteiger partial charge < -0.3 is 9.52 Å². The number of nitrogens with zero attached hydrogens (tertiary/aromatic N) is 2. The molecule has 134 valence electrons. The molecule has 0 atom stereocenters. The summed E-state index contributed by atoms with van der Waals surface area (Å²) in [5.41, 5.74) is 3.94. The zero-order valence-corrected chi connectivity index (χ0v) is 16.1. The fourth-order valence-electron chi connectivity index (χ4n) is 2.47. The molecule has 0 saturated heterocycles. The van der Waals surface area contributed by atoms with Gasteiger partial charge in [0.25, 0.3) is 0 Å². The monoisotopic (exact) mass is 441 g/mol. The van der Waals surface area contributed by atoms with Gasteiger partial charge in [-0.15, -0.1) is 0 Å². The first-order valence-electron chi connectivity index (χ1n) is 7.87. The van der Waals surface area contributed by atoms with Gasteiger partial charge in [-0.1, -0.05) is 39.4 Å². The molecule has 4 aromatic rings. The minimum absolute atomic E-state index is 0.141. The second-order valence-corrected chi connectivity index (χ2v) is 7.53. The number of aromatic nitrogens is 1. The van der Waals surface area contributed by atoms with Crippen LogP contribution in [0.3, 0.4) is 0 Å². The fraction of sp³-hybridized carbons (Fsp3) is 0. The van der Waals surface area contributed by atoms with Gasteiger partial charge in [-0.2, -0.15) is 5.10 Å². The number of benzene rings is 2. The van der Waals surface area contributed by atoms with E-state index in [0.717, 1.165) is 9.86 Å². The Balaban J connectivity index is 1.59. The van der Waals surface area contributed by atoms with Crippen molar-refractivity contribution < 1.29 is 9.52 Å². The van der Waals surface area contributed by atoms with Crippen LogP contribution in [0.15, 0.2) is 73.5 Å². The van der Waals surface area contributed by atoms with Crippen molar-refractivity contribution in [3.63, 3.8) is 0 Å². The molecule has 8 heteroatoms. The summed E-state index contributed by atoms with van der Waals surface area (Å²) in [5.74, 6) is 0.141. The summed E-state index contributed by atoms with van der Waals surface area (Å²) in [6, 6.07) is 14.1. The SMILES string of the molecule is O=c1oc2ccc(Br)cc2cc1-c1cnc(N/N=C\c2ccccc2O)s1. The maximum atomic E-state index is 12.3. The second-order valence-electron chi connectivity index (χ2n) is 5.59. The number of fused-ring (bicyclic) bond motifs is 1. The molecule has 0 radical (unpaired) electrons. The lowest BCUT2D eigenvalue weighted by Crippen LogP contribution is -2.01. The van der Waals surface area contributed by atoms with Crippen LogP contribution >= 0.6 is 27.3 Å². The highest BCUT2D eigenvalue weighted by atomic mass is 79.9. The van der Waals surface area contributed by atoms with Gasteiger partial charge in [-0.05, 0) is 36.4 Å². The number of hydrazone groups is 1. The summed E-state index contributed by atoms with van der Waals surface area (Å²) < 4.78 is 6.29. The minimum Gasteiger partial charge on any atom is -0.507 e. The van der Waals surface area contributed by atoms with Gasteiger partial charge in [-0.3, -0.25) is 5.43 Å². The number of phenolic OH excluding ortho intramolecular Hbond substituents is 1. The van der Waals surface area contributed by atoms with E-state index in [1.165, 1.54) is 17.6 Å². The zero-order valence-electron chi connectivity index (χ0n) is 13.7. The van der Waals surface area contributed by atoms with Crippen molar-refractivity contribution in [3.05, 3.63) is 75.2 Å². The second kappa shape index (κ2) is 7.34. The number of nitrogens with one attached hydrogen (secondary N) is 1. The maximum Gasteiger partial charge on any atom is 0.345 e. The van der Waals surface area contributed by atoms with Crippen molar-refractivity contribution in [3.8, 4) is 16.2 Å². The van der Waals surface area contributed by atoms with Crippen LogP contribution in [-0.2, 0) is 0 Å². The lowest BCUT2D eigenvalue weighted by Gasteiger charge is -2.00. The molecule has 0 amide bonds. The number of halogens is 1. The first-order chi connectivity index (χ1) is 13.1. The van der Waals surface area contributed by atoms with E-state index in [4.69, 9.17) is 4.42 Å². The summed E-state index contributed by atoms with van der Waals surface area (Å²) in [4.78, 5) is 17.2. The van der Waals surface area contributed by atoms with Gasteiger partial charge in [0.05, 0.1) is 16.7 Å². The smallest absolute Gasteiger partial charge is 0.345 e. The number of aromatic hydroxyl groups is 1. The molecule has 2 aromatic heterocycles. The molecule has 6 nitrogen and oxygen atoms in total. The summed E-state index contributed by atoms with van der Waals surface area (Å²) in [6.45, 7) is 0. The van der Waals surface area contributed by atoms with Crippen molar-refractivity contribution in [1.29, 1.82) is 0 Å². The van der Waals surface area contributed by atoms with Gasteiger partial charge in [0.15, 0.2) is 0 Å². The van der Waals surface area contributed by atoms with Crippen LogP contribution in [0.25, 0.3) is 21.4 Å². The Bertz CT molecular complexity index is 1220. The Morgan fingerprint density at radius 2 is 2.07 bits per heavy atom. The maximum absolute atomic E-state index is 12.3. The molecule has 0 aliphatic carbocycles. The largest absolute Gasteiger partial charge is 0.507 e. The van der Waals surface area contributed by atoms with E-state index in [1.54, 1.807) is 42.6 Å². The number of thiazole rings is 1. The van der Waals surface area contributed by atoms with Gasteiger partial charge in [0.1, 0.15) is 11.3 Å². The number of rotatable bonds is 4. The number of anilines is 1. The van der Waals surface area contributed by atoms with Crippen LogP contribution in [0.4, 0.5) is 5.13 Å². The van der Waals surface area contributed by atoms with E-state index < -0.39 is 5.63 Å². The predicted octanol–water partition coefficient (Wildman–Crippen LogP) is 4.83. The van der Waals surface area contributed by atoms with E-state index in [9.17, 15) is 9.90 Å². The van der Waals surface area contributed by atoms with E-state index >= 15 is 0 Å². The van der Waals surface area contributed by atoms with Crippen LogP contribution < -0.4 is 11.1 Å². The molecular weight excluding hydrogens is 430 g/mol. The summed E-state index contributed by atoms with van der Waals surface area (Å²) in [5, 5.41) is 15.1. The molecule has 0 saturated carbocycles. The van der Waals surface area contributed by atoms with E-state index in [2.05, 4.69) is 31.4 Å². The Morgan fingerprint density at radius 3 is 2.93 bits per heavy atom. The van der Waals surface area contributed by atoms with Crippen LogP contribution in [0.1, 0.15) is 5.56 Å². The summed E-state index contributed by atoms with van der Waals surface area (Å²) in [7, 11) is 0. The van der Waals surface area contributed by atoms with Gasteiger partial charge in [0, 0.05) is 21.6 Å². The normalized spacial score (nSPS) is 11.3. The van der Waals surface area contributed by atoms with Crippen molar-refractivity contribution in [2.24, 2.45) is 5.10 Å². The van der Waals surface area contributed by atoms with E-state index in [-0.39, 0.29) is 5.75 Å². The third-order valence-corrected chi connectivity index (χ3v) is 5.19. The predicted molar refractivity (Wildman–Crippen MR) is 111 cm³/mol. The molecule has 2 heterocycles. The summed E-state index contributed by atoms with van der Waals surface area (Å²) in [6.07, 6.45) is 3.09. The van der Waals surface area contributed by atoms with Gasteiger partial charge in [0.2, 0.25) is 5.13 Å². The van der Waals surface area contributed by atoms with Crippen LogP contribution in [-0.4, -0.2) is 16.3 Å². The molecule has 0 spiro atoms. The molecular formula is C19H12BrN3O3S. The molecule has 27 heavy (non-hydrogen) atoms. The standard InChI is InChI=1S/C19H12BrN3O3S/c20-13-5-6-16-12(7-13)8-14(18(25)26-16)17-10-21-19(27-17)23-22-9-11-3-1-2-4-15(11)24/h1-10,24H,(H,21,23)/b22-9-. The zero-order chi connectivity index (χ0) is 18.8. The highest BCUT2D eigenvalue weighted by molar-refractivity contribution is 9.10. The number of phenols is 1. The van der Waals surface area contributed by atoms with Crippen molar-refractivity contribution >= 4 is 49.6 Å². The summed E-state index contributed by atoms with van der Waals surface area (Å²) >= 11 is 4.70. The Hall–Kier alpha value is -2.97. The lowest BCUT2D eigenvalue weighted by atomic mass is 10.2. The van der Waals surface area contributed by atoms with Crippen LogP contribution in [0, 0.1) is 0 Å². The average Bonchev–Trinajstić information content (AvgIpc) is 3.12. The topological polar surface area (TPSA) is 87.7 Å². The van der Waals surface area contributed by atoms with Crippen molar-refractivity contribution in [2.45, 2.75) is 0 Å². The molecule has 0 aliphatic heterocycles. The molecule has 2 aromatic carbocycles. The Labute approximate surface area is 165 Å². The lowest BCUT2D eigenvalue weighted by molar-refractivity contribution is 0.474. The highest BCUT2D eigenvalue weighted by Crippen LogP contribution is 2.29. The molecule has 0 fully saturated rings. The fourth-order valence-corrected chi connectivity index (χ4v) is 3.62. The van der Waals surface area contributed by atoms with Gasteiger partial charge in [-0.25, -0.2) is 9.78 Å². The third kappa shape index (κ3) is 3.76. The van der Waals surface area contributed by atoms with Crippen LogP contribution in [0.5, 0.6) is 5.75 Å².